The van der Waals surface area contributed by atoms with Crippen molar-refractivity contribution in [2.75, 3.05) is 30.8 Å². The molecule has 1 aromatic carbocycles. The van der Waals surface area contributed by atoms with Crippen molar-refractivity contribution in [3.8, 4) is 12.1 Å². The molecule has 11 heteroatoms. The molecule has 0 spiro atoms. The number of alkyl halides is 3. The van der Waals surface area contributed by atoms with Crippen LogP contribution in [0.1, 0.15) is 48.3 Å². The Kier molecular flexibility index (Phi) is 6.78. The summed E-state index contributed by atoms with van der Waals surface area (Å²) in [5.74, 6) is 1.19. The molecular weight excluding hydrogens is 471 g/mol. The van der Waals surface area contributed by atoms with Crippen molar-refractivity contribution in [2.45, 2.75) is 45.1 Å². The molecule has 1 fully saturated rings. The molecule has 0 amide bonds. The molecule has 1 saturated heterocycles. The highest BCUT2D eigenvalue weighted by molar-refractivity contribution is 6.31. The summed E-state index contributed by atoms with van der Waals surface area (Å²) in [6.07, 6.45) is -4.14. The highest BCUT2D eigenvalue weighted by Crippen LogP contribution is 2.44. The highest BCUT2D eigenvalue weighted by atomic mass is 35.5. The minimum atomic E-state index is -4.67. The van der Waals surface area contributed by atoms with Gasteiger partial charge in [0.25, 0.3) is 0 Å². The molecule has 2 aromatic rings. The summed E-state index contributed by atoms with van der Waals surface area (Å²) in [4.78, 5) is 11.1. The number of hydrogen-bond acceptors (Lipinski definition) is 7. The number of fused-ring (bicyclic) bond motifs is 1. The third-order valence-electron chi connectivity index (χ3n) is 6.24. The Labute approximate surface area is 200 Å². The van der Waals surface area contributed by atoms with Gasteiger partial charge in [0, 0.05) is 37.2 Å². The second-order valence-electron chi connectivity index (χ2n) is 8.90. The number of benzene rings is 1. The van der Waals surface area contributed by atoms with Crippen LogP contribution in [0.4, 0.5) is 24.7 Å². The van der Waals surface area contributed by atoms with Gasteiger partial charge >= 0.3 is 12.2 Å². The number of hydrogen-bond donors (Lipinski definition) is 1. The van der Waals surface area contributed by atoms with Gasteiger partial charge in [0.05, 0.1) is 42.2 Å². The van der Waals surface area contributed by atoms with E-state index in [-0.39, 0.29) is 36.2 Å². The van der Waals surface area contributed by atoms with Crippen LogP contribution in [-0.4, -0.2) is 30.2 Å². The number of halogens is 4. The van der Waals surface area contributed by atoms with Crippen molar-refractivity contribution >= 4 is 23.1 Å². The van der Waals surface area contributed by atoms with Gasteiger partial charge in [-0.15, -0.1) is 0 Å². The van der Waals surface area contributed by atoms with E-state index in [4.69, 9.17) is 32.1 Å². The van der Waals surface area contributed by atoms with Crippen LogP contribution in [0.2, 0.25) is 5.02 Å². The minimum Gasteiger partial charge on any atom is -0.467 e. The lowest BCUT2D eigenvalue weighted by Gasteiger charge is -2.38. The zero-order valence-electron chi connectivity index (χ0n) is 18.8. The summed E-state index contributed by atoms with van der Waals surface area (Å²) in [5, 5.41) is 8.69. The average Bonchev–Trinajstić information content (AvgIpc) is 2.76. The van der Waals surface area contributed by atoms with Gasteiger partial charge in [-0.2, -0.15) is 28.4 Å². The number of nitriles is 1. The van der Waals surface area contributed by atoms with Gasteiger partial charge < -0.3 is 20.1 Å². The Morgan fingerprint density at radius 1 is 1.32 bits per heavy atom. The molecular formula is C23H25ClF3N5O2. The number of nitrogens with zero attached hydrogens (tertiary/aromatic N) is 4. The third kappa shape index (κ3) is 4.86. The first-order valence-electron chi connectivity index (χ1n) is 10.9. The van der Waals surface area contributed by atoms with E-state index in [1.54, 1.807) is 0 Å². The fraction of sp³-hybridized carbons (Fsp3) is 0.522. The number of nitrogen functional groups attached to an aromatic ring is 1. The molecule has 4 rings (SSSR count). The molecule has 0 bridgehead atoms. The van der Waals surface area contributed by atoms with Crippen LogP contribution in [-0.2, 0) is 23.9 Å². The Bertz CT molecular complexity index is 1120. The number of anilines is 2. The maximum Gasteiger partial charge on any atom is 0.418 e. The van der Waals surface area contributed by atoms with E-state index in [2.05, 4.69) is 27.9 Å². The van der Waals surface area contributed by atoms with Crippen molar-refractivity contribution in [3.05, 3.63) is 39.5 Å². The highest BCUT2D eigenvalue weighted by Gasteiger charge is 2.40. The van der Waals surface area contributed by atoms with Gasteiger partial charge in [-0.05, 0) is 36.0 Å². The molecule has 3 atom stereocenters. The van der Waals surface area contributed by atoms with E-state index < -0.39 is 22.9 Å². The minimum absolute atomic E-state index is 0.0246. The Morgan fingerprint density at radius 3 is 2.76 bits per heavy atom. The number of ether oxygens (including phenoxy) is 2. The second-order valence-corrected chi connectivity index (χ2v) is 9.31. The molecule has 2 aliphatic heterocycles. The van der Waals surface area contributed by atoms with E-state index >= 15 is 0 Å². The lowest BCUT2D eigenvalue weighted by atomic mass is 9.88. The first-order chi connectivity index (χ1) is 16.1. The largest absolute Gasteiger partial charge is 0.467 e. The predicted octanol–water partition coefficient (Wildman–Crippen LogP) is 4.93. The summed E-state index contributed by atoms with van der Waals surface area (Å²) in [5.41, 5.74) is 6.12. The fourth-order valence-corrected chi connectivity index (χ4v) is 5.26. The van der Waals surface area contributed by atoms with Crippen LogP contribution in [0.25, 0.3) is 0 Å². The summed E-state index contributed by atoms with van der Waals surface area (Å²) >= 11 is 5.94. The van der Waals surface area contributed by atoms with Gasteiger partial charge in [0.15, 0.2) is 0 Å². The van der Waals surface area contributed by atoms with Crippen LogP contribution < -0.4 is 15.4 Å². The average molecular weight is 496 g/mol. The van der Waals surface area contributed by atoms with E-state index in [1.165, 1.54) is 13.2 Å². The molecule has 3 unspecified atom stereocenters. The fourth-order valence-electron chi connectivity index (χ4n) is 4.92. The molecule has 2 N–H and O–H groups in total. The smallest absolute Gasteiger partial charge is 0.418 e. The number of methoxy groups -OCH3 is 1. The van der Waals surface area contributed by atoms with E-state index in [9.17, 15) is 13.2 Å². The van der Waals surface area contributed by atoms with Gasteiger partial charge in [-0.1, -0.05) is 18.5 Å². The number of aromatic nitrogens is 2. The zero-order chi connectivity index (χ0) is 24.6. The van der Waals surface area contributed by atoms with Crippen molar-refractivity contribution in [1.82, 2.24) is 9.97 Å². The lowest BCUT2D eigenvalue weighted by Crippen LogP contribution is -2.41. The second kappa shape index (κ2) is 9.47. The molecule has 3 heterocycles. The first-order valence-corrected chi connectivity index (χ1v) is 11.3. The van der Waals surface area contributed by atoms with Crippen LogP contribution in [0.3, 0.4) is 0 Å². The number of nitrogens with two attached hydrogens (primary N) is 1. The molecule has 182 valence electrons. The monoisotopic (exact) mass is 495 g/mol. The summed E-state index contributed by atoms with van der Waals surface area (Å²) < 4.78 is 52.6. The topological polar surface area (TPSA) is 97.3 Å². The summed E-state index contributed by atoms with van der Waals surface area (Å²) in [6.45, 7) is 3.53. The number of rotatable bonds is 4. The van der Waals surface area contributed by atoms with E-state index in [0.717, 1.165) is 19.0 Å². The molecule has 0 aliphatic carbocycles. The molecule has 34 heavy (non-hydrogen) atoms. The van der Waals surface area contributed by atoms with Crippen LogP contribution in [0.5, 0.6) is 6.01 Å². The third-order valence-corrected chi connectivity index (χ3v) is 6.54. The van der Waals surface area contributed by atoms with Gasteiger partial charge in [0.1, 0.15) is 5.82 Å². The van der Waals surface area contributed by atoms with Crippen molar-refractivity contribution in [2.24, 2.45) is 11.8 Å². The van der Waals surface area contributed by atoms with Gasteiger partial charge in [-0.25, -0.2) is 0 Å². The van der Waals surface area contributed by atoms with Gasteiger partial charge in [-0.3, -0.25) is 0 Å². The van der Waals surface area contributed by atoms with E-state index in [1.807, 2.05) is 0 Å². The molecule has 7 nitrogen and oxygen atoms in total. The Hall–Kier alpha value is -2.77. The maximum absolute atomic E-state index is 13.8. The molecule has 0 saturated carbocycles. The van der Waals surface area contributed by atoms with E-state index in [0.29, 0.717) is 36.0 Å². The predicted molar refractivity (Wildman–Crippen MR) is 120 cm³/mol. The van der Waals surface area contributed by atoms with Crippen molar-refractivity contribution < 1.29 is 22.6 Å². The first kappa shape index (κ1) is 24.4. The quantitative estimate of drug-likeness (QED) is 0.600. The lowest BCUT2D eigenvalue weighted by molar-refractivity contribution is -0.139. The number of piperidine rings is 1. The molecule has 2 aliphatic rings. The zero-order valence-corrected chi connectivity index (χ0v) is 19.6. The Balaban J connectivity index is 1.72. The normalized spacial score (nSPS) is 22.7. The van der Waals surface area contributed by atoms with Crippen LogP contribution in [0, 0.1) is 23.2 Å². The SMILES string of the molecule is COc1nc2c(c(N3CC(C)CC(CC#N)C3)n1)COC(c1cc(N)cc(Cl)c1C(F)(F)F)C2. The molecule has 1 aromatic heterocycles. The van der Waals surface area contributed by atoms with Crippen LogP contribution >= 0.6 is 11.6 Å². The van der Waals surface area contributed by atoms with Gasteiger partial charge in [0.2, 0.25) is 0 Å². The summed E-state index contributed by atoms with van der Waals surface area (Å²) in [6, 6.07) is 4.71. The van der Waals surface area contributed by atoms with Crippen molar-refractivity contribution in [3.63, 3.8) is 0 Å². The van der Waals surface area contributed by atoms with Crippen molar-refractivity contribution in [1.29, 1.82) is 5.26 Å². The Morgan fingerprint density at radius 2 is 2.09 bits per heavy atom. The maximum atomic E-state index is 13.8. The van der Waals surface area contributed by atoms with Crippen LogP contribution in [0.15, 0.2) is 12.1 Å². The summed E-state index contributed by atoms with van der Waals surface area (Å²) in [7, 11) is 1.44. The standard InChI is InChI=1S/C23H25ClF3N5O2/c1-12-5-13(3-4-28)10-32(9-12)21-16-11-34-19(8-18(16)30-22(31-21)33-2)15-6-14(29)7-17(24)20(15)23(25,26)27/h6-7,12-13,19H,3,5,8-11,29H2,1-2H3. The molecule has 0 radical (unpaired) electrons.